The molecule has 1 aromatic rings. The van der Waals surface area contributed by atoms with Crippen molar-refractivity contribution in [2.24, 2.45) is 11.7 Å². The van der Waals surface area contributed by atoms with Gasteiger partial charge in [0.1, 0.15) is 5.82 Å². The molecule has 0 saturated carbocycles. The number of fused-ring (bicyclic) bond motifs is 1. The Morgan fingerprint density at radius 3 is 2.90 bits per heavy atom. The molecule has 2 aliphatic heterocycles. The summed E-state index contributed by atoms with van der Waals surface area (Å²) in [5.74, 6) is -0.252. The molecule has 2 N–H and O–H groups in total. The molecule has 5 heteroatoms. The smallest absolute Gasteiger partial charge is 0.244 e. The Balaban J connectivity index is 1.77. The highest BCUT2D eigenvalue weighted by Crippen LogP contribution is 2.30. The monoisotopic (exact) mass is 278 g/mol. The Bertz CT molecular complexity index is 515. The van der Waals surface area contributed by atoms with Crippen molar-refractivity contribution < 1.29 is 13.9 Å². The number of nitrogens with two attached hydrogens (primary N) is 1. The average Bonchev–Trinajstić information content (AvgIpc) is 2.89. The Kier molecular flexibility index (Phi) is 3.72. The van der Waals surface area contributed by atoms with Gasteiger partial charge in [-0.1, -0.05) is 6.07 Å². The number of hydrogen-bond acceptors (Lipinski definition) is 3. The molecule has 2 heterocycles. The molecule has 1 aromatic carbocycles. The van der Waals surface area contributed by atoms with E-state index in [1.807, 2.05) is 0 Å². The third-order valence-electron chi connectivity index (χ3n) is 4.27. The van der Waals surface area contributed by atoms with Crippen LogP contribution >= 0.6 is 0 Å². The van der Waals surface area contributed by atoms with Crippen LogP contribution in [-0.4, -0.2) is 31.7 Å². The van der Waals surface area contributed by atoms with Crippen molar-refractivity contribution in [3.05, 3.63) is 29.6 Å². The van der Waals surface area contributed by atoms with Gasteiger partial charge in [-0.05, 0) is 42.9 Å². The van der Waals surface area contributed by atoms with Crippen LogP contribution in [0.4, 0.5) is 10.1 Å². The fraction of sp³-hybridized carbons (Fsp3) is 0.533. The number of amides is 1. The van der Waals surface area contributed by atoms with Crippen LogP contribution in [0, 0.1) is 11.7 Å². The summed E-state index contributed by atoms with van der Waals surface area (Å²) in [5.41, 5.74) is 7.82. The fourth-order valence-corrected chi connectivity index (χ4v) is 3.04. The van der Waals surface area contributed by atoms with Crippen molar-refractivity contribution in [3.8, 4) is 0 Å². The number of halogens is 1. The zero-order chi connectivity index (χ0) is 14.1. The van der Waals surface area contributed by atoms with E-state index < -0.39 is 6.04 Å². The van der Waals surface area contributed by atoms with Crippen molar-refractivity contribution in [2.45, 2.75) is 25.3 Å². The second-order valence-corrected chi connectivity index (χ2v) is 5.49. The molecular formula is C15H19FN2O2. The van der Waals surface area contributed by atoms with Crippen LogP contribution in [0.5, 0.6) is 0 Å². The van der Waals surface area contributed by atoms with E-state index in [4.69, 9.17) is 10.5 Å². The predicted octanol–water partition coefficient (Wildman–Crippen LogP) is 1.47. The SMILES string of the molecule is NC(C(=O)N1CCc2ccc(F)cc21)C1CCOCC1. The number of carbonyl (C=O) groups is 1. The van der Waals surface area contributed by atoms with E-state index in [0.717, 1.165) is 24.8 Å². The molecular weight excluding hydrogens is 259 g/mol. The maximum absolute atomic E-state index is 13.4. The van der Waals surface area contributed by atoms with Gasteiger partial charge < -0.3 is 15.4 Å². The summed E-state index contributed by atoms with van der Waals surface area (Å²) in [6.07, 6.45) is 2.40. The molecule has 0 spiro atoms. The summed E-state index contributed by atoms with van der Waals surface area (Å²) >= 11 is 0. The molecule has 1 saturated heterocycles. The van der Waals surface area contributed by atoms with Gasteiger partial charge in [0.05, 0.1) is 6.04 Å². The van der Waals surface area contributed by atoms with Gasteiger partial charge in [-0.15, -0.1) is 0 Å². The van der Waals surface area contributed by atoms with E-state index in [-0.39, 0.29) is 17.6 Å². The van der Waals surface area contributed by atoms with Gasteiger partial charge in [-0.2, -0.15) is 0 Å². The van der Waals surface area contributed by atoms with Crippen LogP contribution in [0.2, 0.25) is 0 Å². The van der Waals surface area contributed by atoms with E-state index in [1.54, 1.807) is 11.0 Å². The summed E-state index contributed by atoms with van der Waals surface area (Å²) in [7, 11) is 0. The van der Waals surface area contributed by atoms with Gasteiger partial charge >= 0.3 is 0 Å². The van der Waals surface area contributed by atoms with E-state index in [9.17, 15) is 9.18 Å². The molecule has 1 atom stereocenters. The van der Waals surface area contributed by atoms with E-state index in [1.165, 1.54) is 12.1 Å². The van der Waals surface area contributed by atoms with Crippen LogP contribution < -0.4 is 10.6 Å². The lowest BCUT2D eigenvalue weighted by Gasteiger charge is -2.30. The number of anilines is 1. The molecule has 1 fully saturated rings. The van der Waals surface area contributed by atoms with Crippen molar-refractivity contribution in [3.63, 3.8) is 0 Å². The number of benzene rings is 1. The first kappa shape index (κ1) is 13.5. The molecule has 0 bridgehead atoms. The third kappa shape index (κ3) is 2.43. The third-order valence-corrected chi connectivity index (χ3v) is 4.27. The van der Waals surface area contributed by atoms with Gasteiger partial charge in [0.25, 0.3) is 0 Å². The van der Waals surface area contributed by atoms with Crippen LogP contribution in [0.25, 0.3) is 0 Å². The van der Waals surface area contributed by atoms with Gasteiger partial charge in [0.2, 0.25) is 5.91 Å². The Hall–Kier alpha value is -1.46. The number of hydrogen-bond donors (Lipinski definition) is 1. The Labute approximate surface area is 117 Å². The number of ether oxygens (including phenoxy) is 1. The molecule has 0 aliphatic carbocycles. The van der Waals surface area contributed by atoms with Gasteiger partial charge in [-0.25, -0.2) is 4.39 Å². The number of rotatable bonds is 2. The second kappa shape index (κ2) is 5.50. The molecule has 1 unspecified atom stereocenters. The topological polar surface area (TPSA) is 55.6 Å². The van der Waals surface area contributed by atoms with E-state index in [0.29, 0.717) is 25.4 Å². The van der Waals surface area contributed by atoms with Crippen molar-refractivity contribution in [1.29, 1.82) is 0 Å². The molecule has 108 valence electrons. The molecule has 4 nitrogen and oxygen atoms in total. The first-order valence-electron chi connectivity index (χ1n) is 7.10. The van der Waals surface area contributed by atoms with Crippen LogP contribution in [0.3, 0.4) is 0 Å². The van der Waals surface area contributed by atoms with Crippen LogP contribution in [0.1, 0.15) is 18.4 Å². The molecule has 3 rings (SSSR count). The molecule has 0 radical (unpaired) electrons. The quantitative estimate of drug-likeness (QED) is 0.891. The average molecular weight is 278 g/mol. The maximum Gasteiger partial charge on any atom is 0.244 e. The summed E-state index contributed by atoms with van der Waals surface area (Å²) in [6.45, 7) is 1.92. The minimum Gasteiger partial charge on any atom is -0.381 e. The number of carbonyl (C=O) groups excluding carboxylic acids is 1. The van der Waals surface area contributed by atoms with Gasteiger partial charge in [0, 0.05) is 25.4 Å². The van der Waals surface area contributed by atoms with E-state index in [2.05, 4.69) is 0 Å². The summed E-state index contributed by atoms with van der Waals surface area (Å²) in [6, 6.07) is 4.09. The van der Waals surface area contributed by atoms with Crippen LogP contribution in [-0.2, 0) is 16.0 Å². The maximum atomic E-state index is 13.4. The molecule has 0 aromatic heterocycles. The standard InChI is InChI=1S/C15H19FN2O2/c16-12-2-1-10-3-6-18(13(10)9-12)15(19)14(17)11-4-7-20-8-5-11/h1-2,9,11,14H,3-8,17H2. The normalized spacial score (nSPS) is 20.8. The minimum atomic E-state index is -0.520. The summed E-state index contributed by atoms with van der Waals surface area (Å²) < 4.78 is 18.7. The minimum absolute atomic E-state index is 0.0961. The van der Waals surface area contributed by atoms with Crippen LogP contribution in [0.15, 0.2) is 18.2 Å². The van der Waals surface area contributed by atoms with Crippen molar-refractivity contribution >= 4 is 11.6 Å². The Morgan fingerprint density at radius 2 is 2.15 bits per heavy atom. The molecule has 20 heavy (non-hydrogen) atoms. The van der Waals surface area contributed by atoms with Gasteiger partial charge in [-0.3, -0.25) is 4.79 Å². The lowest BCUT2D eigenvalue weighted by molar-refractivity contribution is -0.121. The number of nitrogens with zero attached hydrogens (tertiary/aromatic N) is 1. The van der Waals surface area contributed by atoms with E-state index >= 15 is 0 Å². The highest BCUT2D eigenvalue weighted by Gasteiger charge is 2.33. The lowest BCUT2D eigenvalue weighted by atomic mass is 9.91. The zero-order valence-corrected chi connectivity index (χ0v) is 11.3. The van der Waals surface area contributed by atoms with Crippen molar-refractivity contribution in [2.75, 3.05) is 24.7 Å². The Morgan fingerprint density at radius 1 is 1.40 bits per heavy atom. The zero-order valence-electron chi connectivity index (χ0n) is 11.3. The van der Waals surface area contributed by atoms with Crippen molar-refractivity contribution in [1.82, 2.24) is 0 Å². The molecule has 2 aliphatic rings. The van der Waals surface area contributed by atoms with Gasteiger partial charge in [0.15, 0.2) is 0 Å². The summed E-state index contributed by atoms with van der Waals surface area (Å²) in [5, 5.41) is 0. The molecule has 1 amide bonds. The largest absolute Gasteiger partial charge is 0.381 e. The summed E-state index contributed by atoms with van der Waals surface area (Å²) in [4.78, 5) is 14.2. The highest BCUT2D eigenvalue weighted by atomic mass is 19.1. The predicted molar refractivity (Wildman–Crippen MR) is 74.0 cm³/mol. The second-order valence-electron chi connectivity index (χ2n) is 5.49. The fourth-order valence-electron chi connectivity index (χ4n) is 3.04. The first-order chi connectivity index (χ1) is 9.66. The highest BCUT2D eigenvalue weighted by molar-refractivity contribution is 5.99. The first-order valence-corrected chi connectivity index (χ1v) is 7.10. The lowest BCUT2D eigenvalue weighted by Crippen LogP contribution is -2.48.